The first-order valence-electron chi connectivity index (χ1n) is 15.6. The summed E-state index contributed by atoms with van der Waals surface area (Å²) in [6.45, 7) is 9.04. The summed E-state index contributed by atoms with van der Waals surface area (Å²) in [6.07, 6.45) is 2.82. The number of carbonyl (C=O) groups is 6. The molecule has 244 valence electrons. The van der Waals surface area contributed by atoms with Gasteiger partial charge in [0.05, 0.1) is 6.61 Å². The number of aromatic amines is 1. The highest BCUT2D eigenvalue weighted by Gasteiger charge is 2.43. The fourth-order valence-electron chi connectivity index (χ4n) is 5.91. The van der Waals surface area contributed by atoms with E-state index in [2.05, 4.69) is 26.3 Å². The van der Waals surface area contributed by atoms with Crippen LogP contribution in [0.4, 0.5) is 0 Å². The molecule has 0 bridgehead atoms. The van der Waals surface area contributed by atoms with E-state index in [0.29, 0.717) is 12.8 Å². The molecule has 45 heavy (non-hydrogen) atoms. The molecule has 0 unspecified atom stereocenters. The summed E-state index contributed by atoms with van der Waals surface area (Å²) >= 11 is 0. The van der Waals surface area contributed by atoms with Crippen LogP contribution in [0.25, 0.3) is 10.9 Å². The maximum absolute atomic E-state index is 13.9. The van der Waals surface area contributed by atoms with Crippen molar-refractivity contribution in [3.63, 3.8) is 0 Å². The molecule has 0 saturated carbocycles. The van der Waals surface area contributed by atoms with E-state index in [4.69, 9.17) is 4.74 Å². The minimum atomic E-state index is -1.74. The van der Waals surface area contributed by atoms with Gasteiger partial charge in [-0.15, -0.1) is 0 Å². The molecule has 0 aliphatic carbocycles. The number of H-pyrrole nitrogens is 1. The minimum Gasteiger partial charge on any atom is -0.464 e. The van der Waals surface area contributed by atoms with Crippen LogP contribution in [0.2, 0.25) is 0 Å². The Balaban J connectivity index is 1.78. The number of nitrogens with zero attached hydrogens (tertiary/aromatic N) is 1. The standard InChI is InChI=1S/C32H44N6O7/c1-6-45-32(44)26-31(43)38-13-9-12-24(38)29(41)36-25(18(4)5)30(42)35-22(14-17(2)3)27(39)34-23(28(40)37-26)15-19-16-33-21-11-8-7-10-20(19)21/h7-8,10-11,16-18,22-26,33H,6,9,12-15H2,1-5H3,(H,34,39)(H,35,42)(H,36,41)(H,37,40)/t22-,23+,24-,25+,26-/m0/s1. The van der Waals surface area contributed by atoms with E-state index in [1.807, 2.05) is 38.1 Å². The molecular formula is C32H44N6O7. The van der Waals surface area contributed by atoms with Crippen molar-refractivity contribution < 1.29 is 33.5 Å². The van der Waals surface area contributed by atoms with Gasteiger partial charge in [-0.25, -0.2) is 4.79 Å². The predicted molar refractivity (Wildman–Crippen MR) is 165 cm³/mol. The van der Waals surface area contributed by atoms with Gasteiger partial charge in [-0.1, -0.05) is 45.9 Å². The van der Waals surface area contributed by atoms with Gasteiger partial charge in [0.1, 0.15) is 24.2 Å². The Kier molecular flexibility index (Phi) is 10.8. The normalized spacial score (nSPS) is 25.3. The molecule has 2 saturated heterocycles. The fraction of sp³-hybridized carbons (Fsp3) is 0.562. The van der Waals surface area contributed by atoms with Gasteiger partial charge in [0.2, 0.25) is 29.7 Å². The predicted octanol–water partition coefficient (Wildman–Crippen LogP) is 0.919. The first-order valence-corrected chi connectivity index (χ1v) is 15.6. The van der Waals surface area contributed by atoms with Crippen molar-refractivity contribution in [2.45, 2.75) is 90.5 Å². The summed E-state index contributed by atoms with van der Waals surface area (Å²) in [5.74, 6) is -4.62. The average Bonchev–Trinajstić information content (AvgIpc) is 3.64. The highest BCUT2D eigenvalue weighted by Crippen LogP contribution is 2.22. The molecule has 0 radical (unpaired) electrons. The number of amides is 5. The average molecular weight is 625 g/mol. The Hall–Kier alpha value is -4.42. The lowest BCUT2D eigenvalue weighted by molar-refractivity contribution is -0.155. The van der Waals surface area contributed by atoms with E-state index in [0.717, 1.165) is 16.5 Å². The van der Waals surface area contributed by atoms with Crippen LogP contribution in [0.15, 0.2) is 30.5 Å². The Morgan fingerprint density at radius 1 is 0.911 bits per heavy atom. The van der Waals surface area contributed by atoms with E-state index >= 15 is 0 Å². The first kappa shape index (κ1) is 33.5. The molecule has 13 heteroatoms. The van der Waals surface area contributed by atoms with Gasteiger partial charge in [-0.2, -0.15) is 0 Å². The third-order valence-corrected chi connectivity index (χ3v) is 8.21. The summed E-state index contributed by atoms with van der Waals surface area (Å²) < 4.78 is 5.16. The molecule has 2 aliphatic heterocycles. The second-order valence-electron chi connectivity index (χ2n) is 12.4. The molecule has 3 heterocycles. The molecule has 13 nitrogen and oxygen atoms in total. The van der Waals surface area contributed by atoms with Gasteiger partial charge in [0, 0.05) is 30.1 Å². The summed E-state index contributed by atoms with van der Waals surface area (Å²) in [5, 5.41) is 11.7. The second-order valence-corrected chi connectivity index (χ2v) is 12.4. The number of carbonyl (C=O) groups excluding carboxylic acids is 6. The van der Waals surface area contributed by atoms with Gasteiger partial charge < -0.3 is 35.9 Å². The smallest absolute Gasteiger partial charge is 0.338 e. The quantitative estimate of drug-likeness (QED) is 0.225. The van der Waals surface area contributed by atoms with Crippen molar-refractivity contribution in [2.24, 2.45) is 11.8 Å². The van der Waals surface area contributed by atoms with Crippen LogP contribution in [0.5, 0.6) is 0 Å². The minimum absolute atomic E-state index is 0.00557. The van der Waals surface area contributed by atoms with E-state index in [-0.39, 0.29) is 37.8 Å². The molecule has 5 amide bonds. The summed E-state index contributed by atoms with van der Waals surface area (Å²) in [4.78, 5) is 86.2. The molecule has 5 atom stereocenters. The van der Waals surface area contributed by atoms with Gasteiger partial charge in [-0.3, -0.25) is 24.0 Å². The number of hydrogen-bond donors (Lipinski definition) is 5. The van der Waals surface area contributed by atoms with Crippen LogP contribution in [0.3, 0.4) is 0 Å². The van der Waals surface area contributed by atoms with E-state index < -0.39 is 65.7 Å². The number of para-hydroxylation sites is 1. The third-order valence-electron chi connectivity index (χ3n) is 8.21. The number of ether oxygens (including phenoxy) is 1. The van der Waals surface area contributed by atoms with E-state index in [1.165, 1.54) is 4.90 Å². The monoisotopic (exact) mass is 624 g/mol. The molecule has 0 spiro atoms. The Morgan fingerprint density at radius 2 is 1.60 bits per heavy atom. The highest BCUT2D eigenvalue weighted by molar-refractivity contribution is 6.07. The van der Waals surface area contributed by atoms with Gasteiger partial charge in [-0.05, 0) is 49.7 Å². The van der Waals surface area contributed by atoms with Gasteiger partial charge >= 0.3 is 5.97 Å². The number of esters is 1. The van der Waals surface area contributed by atoms with E-state index in [9.17, 15) is 28.8 Å². The van der Waals surface area contributed by atoms with Crippen LogP contribution >= 0.6 is 0 Å². The summed E-state index contributed by atoms with van der Waals surface area (Å²) in [6, 6.07) is 1.53. The van der Waals surface area contributed by atoms with Crippen molar-refractivity contribution in [3.8, 4) is 0 Å². The number of benzene rings is 1. The third kappa shape index (κ3) is 7.81. The number of aromatic nitrogens is 1. The maximum Gasteiger partial charge on any atom is 0.338 e. The van der Waals surface area contributed by atoms with Crippen LogP contribution in [0, 0.1) is 11.8 Å². The largest absolute Gasteiger partial charge is 0.464 e. The van der Waals surface area contributed by atoms with Gasteiger partial charge in [0.15, 0.2) is 0 Å². The van der Waals surface area contributed by atoms with Crippen molar-refractivity contribution in [3.05, 3.63) is 36.0 Å². The second kappa shape index (κ2) is 14.6. The Bertz CT molecular complexity index is 1440. The SMILES string of the molecule is CCOC(=O)[C@H]1NC(=O)[C@@H](Cc2c[nH]c3ccccc23)NC(=O)[C@H](CC(C)C)NC(=O)[C@@H](C(C)C)NC(=O)[C@@H]2CCCN2C1=O. The topological polar surface area (TPSA) is 179 Å². The number of rotatable bonds is 7. The van der Waals surface area contributed by atoms with Gasteiger partial charge in [0.25, 0.3) is 5.91 Å². The number of fused-ring (bicyclic) bond motifs is 2. The maximum atomic E-state index is 13.9. The zero-order chi connectivity index (χ0) is 32.8. The molecule has 2 aliphatic rings. The molecular weight excluding hydrogens is 580 g/mol. The van der Waals surface area contributed by atoms with Crippen LogP contribution in [-0.2, 0) is 39.9 Å². The fourth-order valence-corrected chi connectivity index (χ4v) is 5.91. The van der Waals surface area contributed by atoms with Crippen LogP contribution in [0.1, 0.15) is 59.4 Å². The zero-order valence-electron chi connectivity index (χ0n) is 26.5. The molecule has 5 N–H and O–H groups in total. The van der Waals surface area contributed by atoms with Crippen molar-refractivity contribution in [1.82, 2.24) is 31.2 Å². The summed E-state index contributed by atoms with van der Waals surface area (Å²) in [5.41, 5.74) is 1.56. The first-order chi connectivity index (χ1) is 21.4. The van der Waals surface area contributed by atoms with Crippen molar-refractivity contribution in [2.75, 3.05) is 13.2 Å². The molecule has 4 rings (SSSR count). The molecule has 2 aromatic rings. The Morgan fingerprint density at radius 3 is 2.29 bits per heavy atom. The van der Waals surface area contributed by atoms with Crippen LogP contribution in [-0.4, -0.2) is 88.7 Å². The lowest BCUT2D eigenvalue weighted by Crippen LogP contribution is -2.60. The summed E-state index contributed by atoms with van der Waals surface area (Å²) in [7, 11) is 0. The number of hydrogen-bond acceptors (Lipinski definition) is 7. The molecule has 2 fully saturated rings. The number of nitrogens with one attached hydrogen (secondary N) is 5. The van der Waals surface area contributed by atoms with E-state index in [1.54, 1.807) is 27.0 Å². The zero-order valence-corrected chi connectivity index (χ0v) is 26.5. The lowest BCUT2D eigenvalue weighted by atomic mass is 9.98. The lowest BCUT2D eigenvalue weighted by Gasteiger charge is -2.30. The van der Waals surface area contributed by atoms with Crippen molar-refractivity contribution >= 4 is 46.4 Å². The van der Waals surface area contributed by atoms with Crippen LogP contribution < -0.4 is 21.3 Å². The highest BCUT2D eigenvalue weighted by atomic mass is 16.5. The Labute approximate surface area is 262 Å². The molecule has 1 aromatic carbocycles. The molecule has 1 aromatic heterocycles. The van der Waals surface area contributed by atoms with Crippen molar-refractivity contribution in [1.29, 1.82) is 0 Å².